The molecule has 0 atom stereocenters. The topological polar surface area (TPSA) is 46.3 Å². The van der Waals surface area contributed by atoms with Crippen molar-refractivity contribution in [2.75, 3.05) is 17.7 Å². The van der Waals surface area contributed by atoms with Crippen LogP contribution in [0.2, 0.25) is 0 Å². The summed E-state index contributed by atoms with van der Waals surface area (Å²) in [6.45, 7) is 0. The van der Waals surface area contributed by atoms with E-state index >= 15 is 0 Å². The van der Waals surface area contributed by atoms with E-state index in [1.54, 1.807) is 19.2 Å². The standard InChI is InChI=1S/C16H13FN2OS/c1-19(10-6-3-2-4-7-10)16(20)15-14(18)13-11(17)8-5-9-12(13)21-15/h2-9H,18H2,1H3. The van der Waals surface area contributed by atoms with Crippen LogP contribution in [0.15, 0.2) is 48.5 Å². The number of halogens is 1. The van der Waals surface area contributed by atoms with E-state index in [2.05, 4.69) is 0 Å². The van der Waals surface area contributed by atoms with Crippen molar-refractivity contribution in [2.45, 2.75) is 0 Å². The van der Waals surface area contributed by atoms with E-state index in [9.17, 15) is 9.18 Å². The van der Waals surface area contributed by atoms with E-state index in [1.807, 2.05) is 30.3 Å². The van der Waals surface area contributed by atoms with E-state index < -0.39 is 5.82 Å². The maximum atomic E-state index is 13.8. The maximum Gasteiger partial charge on any atom is 0.270 e. The first-order valence-electron chi connectivity index (χ1n) is 6.39. The number of fused-ring (bicyclic) bond motifs is 1. The first-order valence-corrected chi connectivity index (χ1v) is 7.21. The van der Waals surface area contributed by atoms with Crippen molar-refractivity contribution in [3.63, 3.8) is 0 Å². The minimum atomic E-state index is -0.400. The highest BCUT2D eigenvalue weighted by molar-refractivity contribution is 7.21. The van der Waals surface area contributed by atoms with Crippen LogP contribution in [0.5, 0.6) is 0 Å². The lowest BCUT2D eigenvalue weighted by Crippen LogP contribution is -2.25. The van der Waals surface area contributed by atoms with E-state index in [1.165, 1.54) is 22.3 Å². The zero-order valence-electron chi connectivity index (χ0n) is 11.3. The number of thiophene rings is 1. The SMILES string of the molecule is CN(C(=O)c1sc2cccc(F)c2c1N)c1ccccc1. The number of nitrogens with two attached hydrogens (primary N) is 1. The van der Waals surface area contributed by atoms with Crippen molar-refractivity contribution in [1.82, 2.24) is 0 Å². The van der Waals surface area contributed by atoms with Crippen LogP contribution < -0.4 is 10.6 Å². The number of para-hydroxylation sites is 1. The lowest BCUT2D eigenvalue weighted by molar-refractivity contribution is 0.0997. The van der Waals surface area contributed by atoms with Gasteiger partial charge in [-0.05, 0) is 24.3 Å². The fourth-order valence-corrected chi connectivity index (χ4v) is 3.32. The Kier molecular flexibility index (Phi) is 3.35. The highest BCUT2D eigenvalue weighted by Gasteiger charge is 2.22. The third kappa shape index (κ3) is 2.25. The average Bonchev–Trinajstić information content (AvgIpc) is 2.85. The number of rotatable bonds is 2. The third-order valence-corrected chi connectivity index (χ3v) is 4.50. The summed E-state index contributed by atoms with van der Waals surface area (Å²) in [6, 6.07) is 14.0. The molecule has 3 aromatic rings. The van der Waals surface area contributed by atoms with Crippen LogP contribution in [-0.4, -0.2) is 13.0 Å². The van der Waals surface area contributed by atoms with E-state index in [-0.39, 0.29) is 11.6 Å². The van der Waals surface area contributed by atoms with Crippen molar-refractivity contribution in [3.05, 3.63) is 59.2 Å². The van der Waals surface area contributed by atoms with Gasteiger partial charge in [0.2, 0.25) is 0 Å². The summed E-state index contributed by atoms with van der Waals surface area (Å²) < 4.78 is 14.5. The van der Waals surface area contributed by atoms with Crippen molar-refractivity contribution in [2.24, 2.45) is 0 Å². The molecule has 0 aliphatic carbocycles. The molecule has 2 aromatic carbocycles. The van der Waals surface area contributed by atoms with Crippen molar-refractivity contribution in [1.29, 1.82) is 0 Å². The molecule has 0 spiro atoms. The molecular formula is C16H13FN2OS. The fourth-order valence-electron chi connectivity index (χ4n) is 2.21. The molecule has 0 saturated heterocycles. The lowest BCUT2D eigenvalue weighted by Gasteiger charge is -2.16. The Bertz CT molecular complexity index is 814. The minimum Gasteiger partial charge on any atom is -0.397 e. The Hall–Kier alpha value is -2.40. The molecule has 21 heavy (non-hydrogen) atoms. The van der Waals surface area contributed by atoms with E-state index in [4.69, 9.17) is 5.73 Å². The molecule has 106 valence electrons. The average molecular weight is 300 g/mol. The Morgan fingerprint density at radius 3 is 2.52 bits per heavy atom. The number of benzene rings is 2. The van der Waals surface area contributed by atoms with Crippen LogP contribution >= 0.6 is 11.3 Å². The molecule has 0 radical (unpaired) electrons. The second-order valence-electron chi connectivity index (χ2n) is 4.66. The molecule has 0 fully saturated rings. The predicted octanol–water partition coefficient (Wildman–Crippen LogP) is 3.90. The number of amides is 1. The van der Waals surface area contributed by atoms with Crippen molar-refractivity contribution in [3.8, 4) is 0 Å². The molecule has 3 rings (SSSR count). The number of carbonyl (C=O) groups excluding carboxylic acids is 1. The number of anilines is 2. The minimum absolute atomic E-state index is 0.209. The number of hydrogen-bond acceptors (Lipinski definition) is 3. The summed E-state index contributed by atoms with van der Waals surface area (Å²) in [5, 5.41) is 0.326. The Balaban J connectivity index is 2.06. The predicted molar refractivity (Wildman–Crippen MR) is 85.4 cm³/mol. The smallest absolute Gasteiger partial charge is 0.270 e. The van der Waals surface area contributed by atoms with Gasteiger partial charge >= 0.3 is 0 Å². The van der Waals surface area contributed by atoms with Crippen molar-refractivity contribution < 1.29 is 9.18 Å². The maximum absolute atomic E-state index is 13.8. The molecule has 0 bridgehead atoms. The summed E-state index contributed by atoms with van der Waals surface area (Å²) in [5.74, 6) is -0.637. The van der Waals surface area contributed by atoms with Gasteiger partial charge in [-0.3, -0.25) is 4.79 Å². The molecule has 0 unspecified atom stereocenters. The fraction of sp³-hybridized carbons (Fsp3) is 0.0625. The van der Waals surface area contributed by atoms with Crippen LogP contribution in [0.3, 0.4) is 0 Å². The van der Waals surface area contributed by atoms with Gasteiger partial charge in [0, 0.05) is 17.4 Å². The number of nitrogens with zero attached hydrogens (tertiary/aromatic N) is 1. The second-order valence-corrected chi connectivity index (χ2v) is 5.71. The normalized spacial score (nSPS) is 10.8. The first-order chi connectivity index (χ1) is 10.1. The molecule has 1 aromatic heterocycles. The number of carbonyl (C=O) groups is 1. The van der Waals surface area contributed by atoms with Gasteiger partial charge in [0.25, 0.3) is 5.91 Å². The third-order valence-electron chi connectivity index (χ3n) is 3.34. The number of nitrogen functional groups attached to an aromatic ring is 1. The highest BCUT2D eigenvalue weighted by Crippen LogP contribution is 2.36. The van der Waals surface area contributed by atoms with Crippen LogP contribution in [0.4, 0.5) is 15.8 Å². The van der Waals surface area contributed by atoms with Crippen molar-refractivity contribution >= 4 is 38.7 Å². The van der Waals surface area contributed by atoms with Gasteiger partial charge in [0.15, 0.2) is 0 Å². The monoisotopic (exact) mass is 300 g/mol. The quantitative estimate of drug-likeness (QED) is 0.780. The molecule has 0 aliphatic rings. The zero-order valence-corrected chi connectivity index (χ0v) is 12.2. The van der Waals surface area contributed by atoms with Gasteiger partial charge in [-0.25, -0.2) is 4.39 Å². The van der Waals surface area contributed by atoms with E-state index in [0.717, 1.165) is 5.69 Å². The van der Waals surface area contributed by atoms with E-state index in [0.29, 0.717) is 15.0 Å². The Morgan fingerprint density at radius 1 is 1.14 bits per heavy atom. The molecule has 1 amide bonds. The lowest BCUT2D eigenvalue weighted by atomic mass is 10.2. The summed E-state index contributed by atoms with van der Waals surface area (Å²) in [4.78, 5) is 14.5. The molecule has 0 aliphatic heterocycles. The second kappa shape index (κ2) is 5.18. The molecule has 1 heterocycles. The van der Waals surface area contributed by atoms with Crippen LogP contribution in [0.25, 0.3) is 10.1 Å². The van der Waals surface area contributed by atoms with Crippen LogP contribution in [-0.2, 0) is 0 Å². The van der Waals surface area contributed by atoms with Gasteiger partial charge in [-0.15, -0.1) is 11.3 Å². The van der Waals surface area contributed by atoms with Gasteiger partial charge in [0.1, 0.15) is 10.7 Å². The summed E-state index contributed by atoms with van der Waals surface area (Å²) in [6.07, 6.45) is 0. The van der Waals surface area contributed by atoms with Gasteiger partial charge < -0.3 is 10.6 Å². The highest BCUT2D eigenvalue weighted by atomic mass is 32.1. The molecular weight excluding hydrogens is 287 g/mol. The largest absolute Gasteiger partial charge is 0.397 e. The van der Waals surface area contributed by atoms with Crippen LogP contribution in [0.1, 0.15) is 9.67 Å². The molecule has 0 saturated carbocycles. The zero-order chi connectivity index (χ0) is 15.0. The molecule has 3 nitrogen and oxygen atoms in total. The summed E-state index contributed by atoms with van der Waals surface area (Å²) in [5.41, 5.74) is 6.95. The first kappa shape index (κ1) is 13.6. The Morgan fingerprint density at radius 2 is 1.86 bits per heavy atom. The molecule has 2 N–H and O–H groups in total. The molecule has 5 heteroatoms. The summed E-state index contributed by atoms with van der Waals surface area (Å²) >= 11 is 1.21. The van der Waals surface area contributed by atoms with Crippen LogP contribution in [0, 0.1) is 5.82 Å². The number of hydrogen-bond donors (Lipinski definition) is 1. The van der Waals surface area contributed by atoms with Gasteiger partial charge in [0.05, 0.1) is 11.1 Å². The van der Waals surface area contributed by atoms with Gasteiger partial charge in [-0.1, -0.05) is 24.3 Å². The van der Waals surface area contributed by atoms with Gasteiger partial charge in [-0.2, -0.15) is 0 Å². The summed E-state index contributed by atoms with van der Waals surface area (Å²) in [7, 11) is 1.68. The Labute approximate surface area is 125 Å².